The molecule has 1 amide bonds. The Bertz CT molecular complexity index is 1370. The van der Waals surface area contributed by atoms with E-state index in [2.05, 4.69) is 4.90 Å². The summed E-state index contributed by atoms with van der Waals surface area (Å²) in [5, 5.41) is 10.2. The van der Waals surface area contributed by atoms with Crippen molar-refractivity contribution < 1.29 is 23.1 Å². The van der Waals surface area contributed by atoms with Gasteiger partial charge in [-0.1, -0.05) is 72.3 Å². The molecule has 1 atom stereocenters. The van der Waals surface area contributed by atoms with Crippen LogP contribution in [0.5, 0.6) is 0 Å². The molecule has 1 heterocycles. The summed E-state index contributed by atoms with van der Waals surface area (Å²) >= 11 is 6.31. The predicted molar refractivity (Wildman–Crippen MR) is 165 cm³/mol. The highest BCUT2D eigenvalue weighted by molar-refractivity contribution is 7.89. The van der Waals surface area contributed by atoms with E-state index in [1.807, 2.05) is 54.6 Å². The van der Waals surface area contributed by atoms with E-state index >= 15 is 0 Å². The number of amides is 1. The van der Waals surface area contributed by atoms with Crippen molar-refractivity contribution in [3.05, 3.63) is 101 Å². The third-order valence-corrected chi connectivity index (χ3v) is 9.89. The Labute approximate surface area is 254 Å². The summed E-state index contributed by atoms with van der Waals surface area (Å²) in [5.74, 6) is -0.0521. The molecule has 3 aromatic rings. The maximum Gasteiger partial charge on any atom is 0.410 e. The number of hydrogen-bond acceptors (Lipinski definition) is 6. The van der Waals surface area contributed by atoms with E-state index in [-0.39, 0.29) is 36.6 Å². The molecule has 42 heavy (non-hydrogen) atoms. The van der Waals surface area contributed by atoms with Gasteiger partial charge in [-0.3, -0.25) is 0 Å². The molecule has 0 bridgehead atoms. The van der Waals surface area contributed by atoms with Gasteiger partial charge in [0, 0.05) is 44.3 Å². The Kier molecular flexibility index (Phi) is 11.8. The van der Waals surface area contributed by atoms with Crippen LogP contribution in [0.15, 0.2) is 89.8 Å². The van der Waals surface area contributed by atoms with Crippen LogP contribution < -0.4 is 0 Å². The average molecular weight is 614 g/mol. The highest BCUT2D eigenvalue weighted by Gasteiger charge is 2.30. The highest BCUT2D eigenvalue weighted by Crippen LogP contribution is 2.27. The molecule has 0 aromatic heterocycles. The van der Waals surface area contributed by atoms with Gasteiger partial charge in [0.15, 0.2) is 0 Å². The van der Waals surface area contributed by atoms with E-state index in [1.54, 1.807) is 42.3 Å². The molecule has 1 N–H and O–H groups in total. The highest BCUT2D eigenvalue weighted by atomic mass is 35.5. The maximum absolute atomic E-state index is 13.2. The van der Waals surface area contributed by atoms with Gasteiger partial charge in [0.05, 0.1) is 11.5 Å². The predicted octanol–water partition coefficient (Wildman–Crippen LogP) is 5.23. The number of nitrogens with zero attached hydrogens (tertiary/aromatic N) is 3. The number of piperidine rings is 1. The second kappa shape index (κ2) is 15.5. The minimum atomic E-state index is -3.63. The van der Waals surface area contributed by atoms with Crippen molar-refractivity contribution in [1.29, 1.82) is 0 Å². The smallest absolute Gasteiger partial charge is 0.410 e. The first-order valence-electron chi connectivity index (χ1n) is 14.4. The first-order chi connectivity index (χ1) is 20.3. The summed E-state index contributed by atoms with van der Waals surface area (Å²) in [7, 11) is -2.01. The Morgan fingerprint density at radius 2 is 1.69 bits per heavy atom. The van der Waals surface area contributed by atoms with Crippen LogP contribution >= 0.6 is 11.6 Å². The lowest BCUT2D eigenvalue weighted by Crippen LogP contribution is -2.48. The van der Waals surface area contributed by atoms with Crippen molar-refractivity contribution >= 4 is 27.7 Å². The summed E-state index contributed by atoms with van der Waals surface area (Å²) in [5.41, 5.74) is 1.92. The minimum absolute atomic E-state index is 0.0115. The van der Waals surface area contributed by atoms with E-state index in [0.29, 0.717) is 11.6 Å². The van der Waals surface area contributed by atoms with Crippen LogP contribution in [0.1, 0.15) is 36.3 Å². The molecule has 8 nitrogen and oxygen atoms in total. The lowest BCUT2D eigenvalue weighted by molar-refractivity contribution is 0.0521. The van der Waals surface area contributed by atoms with Crippen LogP contribution in [0.25, 0.3) is 0 Å². The molecule has 10 heteroatoms. The van der Waals surface area contributed by atoms with E-state index < -0.39 is 16.1 Å². The summed E-state index contributed by atoms with van der Waals surface area (Å²) in [6, 6.07) is 25.6. The average Bonchev–Trinajstić information content (AvgIpc) is 3.02. The standard InChI is InChI=1S/C32H40ClN3O5S/c1-34(42(39,40)31-13-6-3-7-14-31)24-28(27-11-8-12-29(33)23-27)15-18-35-19-16-30(17-20-35)36(21-22-37)32(38)41-25-26-9-4-2-5-10-26/h2-14,23,28,30,37H,15-22,24-25H2,1H3/t28-/m1/s1. The molecule has 1 saturated heterocycles. The van der Waals surface area contributed by atoms with Gasteiger partial charge in [-0.25, -0.2) is 17.5 Å². The third-order valence-electron chi connectivity index (χ3n) is 7.82. The number of ether oxygens (including phenoxy) is 1. The van der Waals surface area contributed by atoms with Crippen LogP contribution in [0.2, 0.25) is 5.02 Å². The Hall–Kier alpha value is -2.95. The number of benzene rings is 3. The van der Waals surface area contributed by atoms with E-state index in [4.69, 9.17) is 16.3 Å². The second-order valence-electron chi connectivity index (χ2n) is 10.7. The number of likely N-dealkylation sites (N-methyl/N-ethyl adjacent to an activating group) is 1. The summed E-state index contributed by atoms with van der Waals surface area (Å²) in [6.07, 6.45) is 1.88. The molecule has 0 radical (unpaired) electrons. The zero-order valence-corrected chi connectivity index (χ0v) is 25.6. The summed E-state index contributed by atoms with van der Waals surface area (Å²) in [6.45, 7) is 2.99. The Morgan fingerprint density at radius 3 is 2.33 bits per heavy atom. The third kappa shape index (κ3) is 8.78. The minimum Gasteiger partial charge on any atom is -0.445 e. The Balaban J connectivity index is 1.35. The first kappa shape index (κ1) is 32.0. The van der Waals surface area contributed by atoms with Crippen molar-refractivity contribution in [3.8, 4) is 0 Å². The largest absolute Gasteiger partial charge is 0.445 e. The second-order valence-corrected chi connectivity index (χ2v) is 13.2. The van der Waals surface area contributed by atoms with Gasteiger partial charge in [0.1, 0.15) is 6.61 Å². The van der Waals surface area contributed by atoms with Gasteiger partial charge in [0.2, 0.25) is 10.0 Å². The lowest BCUT2D eigenvalue weighted by atomic mass is 9.94. The molecule has 226 valence electrons. The van der Waals surface area contributed by atoms with Crippen molar-refractivity contribution in [2.45, 2.75) is 42.7 Å². The molecule has 1 aliphatic heterocycles. The molecule has 1 aliphatic rings. The molecule has 0 unspecified atom stereocenters. The number of halogens is 1. The number of rotatable bonds is 13. The molecule has 0 spiro atoms. The molecular weight excluding hydrogens is 574 g/mol. The topological polar surface area (TPSA) is 90.4 Å². The normalized spacial score (nSPS) is 15.4. The summed E-state index contributed by atoms with van der Waals surface area (Å²) < 4.78 is 33.5. The molecule has 1 fully saturated rings. The van der Waals surface area contributed by atoms with Crippen molar-refractivity contribution in [1.82, 2.24) is 14.1 Å². The number of likely N-dealkylation sites (tertiary alicyclic amines) is 1. The van der Waals surface area contributed by atoms with Crippen LogP contribution in [-0.2, 0) is 21.4 Å². The van der Waals surface area contributed by atoms with Gasteiger partial charge < -0.3 is 19.6 Å². The number of sulfonamides is 1. The van der Waals surface area contributed by atoms with Gasteiger partial charge in [0.25, 0.3) is 0 Å². The fourth-order valence-electron chi connectivity index (χ4n) is 5.43. The molecule has 4 rings (SSSR count). The number of hydrogen-bond donors (Lipinski definition) is 1. The van der Waals surface area contributed by atoms with Crippen molar-refractivity contribution in [2.75, 3.05) is 46.4 Å². The summed E-state index contributed by atoms with van der Waals surface area (Å²) in [4.78, 5) is 17.2. The van der Waals surface area contributed by atoms with Crippen molar-refractivity contribution in [2.24, 2.45) is 0 Å². The fraction of sp³-hybridized carbons (Fsp3) is 0.406. The number of aliphatic hydroxyl groups is 1. The van der Waals surface area contributed by atoms with Crippen LogP contribution in [0, 0.1) is 0 Å². The fourth-order valence-corrected chi connectivity index (χ4v) is 6.87. The Morgan fingerprint density at radius 1 is 1.02 bits per heavy atom. The van der Waals surface area contributed by atoms with Crippen LogP contribution in [-0.4, -0.2) is 86.1 Å². The molecule has 0 aliphatic carbocycles. The van der Waals surface area contributed by atoms with E-state index in [0.717, 1.165) is 50.0 Å². The van der Waals surface area contributed by atoms with Gasteiger partial charge in [-0.05, 0) is 67.1 Å². The maximum atomic E-state index is 13.2. The number of aliphatic hydroxyl groups excluding tert-OH is 1. The van der Waals surface area contributed by atoms with Gasteiger partial charge in [-0.15, -0.1) is 0 Å². The van der Waals surface area contributed by atoms with Crippen molar-refractivity contribution in [3.63, 3.8) is 0 Å². The monoisotopic (exact) mass is 613 g/mol. The van der Waals surface area contributed by atoms with E-state index in [9.17, 15) is 18.3 Å². The quantitative estimate of drug-likeness (QED) is 0.284. The number of carbonyl (C=O) groups is 1. The van der Waals surface area contributed by atoms with Crippen LogP contribution in [0.3, 0.4) is 0 Å². The van der Waals surface area contributed by atoms with Gasteiger partial charge >= 0.3 is 6.09 Å². The lowest BCUT2D eigenvalue weighted by Gasteiger charge is -2.38. The van der Waals surface area contributed by atoms with Crippen LogP contribution in [0.4, 0.5) is 4.79 Å². The zero-order chi connectivity index (χ0) is 30.0. The molecule has 3 aromatic carbocycles. The number of carbonyl (C=O) groups excluding carboxylic acids is 1. The first-order valence-corrected chi connectivity index (χ1v) is 16.2. The van der Waals surface area contributed by atoms with Gasteiger partial charge in [-0.2, -0.15) is 0 Å². The van der Waals surface area contributed by atoms with E-state index in [1.165, 1.54) is 4.31 Å². The zero-order valence-electron chi connectivity index (χ0n) is 24.0. The molecule has 0 saturated carbocycles. The SMILES string of the molecule is CN(C[C@@H](CCN1CCC(N(CCO)C(=O)OCc2ccccc2)CC1)c1cccc(Cl)c1)S(=O)(=O)c1ccccc1. The molecular formula is C32H40ClN3O5S.